The van der Waals surface area contributed by atoms with Crippen LogP contribution in [0.2, 0.25) is 0 Å². The fourth-order valence-electron chi connectivity index (χ4n) is 1.30. The van der Waals surface area contributed by atoms with Gasteiger partial charge >= 0.3 is 0 Å². The first-order chi connectivity index (χ1) is 8.86. The molecule has 1 atom stereocenters. The summed E-state index contributed by atoms with van der Waals surface area (Å²) in [4.78, 5) is 4.10. The lowest BCUT2D eigenvalue weighted by Gasteiger charge is -2.14. The zero-order valence-electron chi connectivity index (χ0n) is 11.4. The Balaban J connectivity index is 4.96. The van der Waals surface area contributed by atoms with Crippen LogP contribution in [-0.4, -0.2) is 31.3 Å². The van der Waals surface area contributed by atoms with Gasteiger partial charge in [0.05, 0.1) is 12.9 Å². The quantitative estimate of drug-likeness (QED) is 0.291. The van der Waals surface area contributed by atoms with Crippen molar-refractivity contribution in [2.45, 2.75) is 20.0 Å². The summed E-state index contributed by atoms with van der Waals surface area (Å²) in [6, 6.07) is 0. The van der Waals surface area contributed by atoms with E-state index in [0.717, 1.165) is 5.57 Å². The molecule has 0 aliphatic rings. The Hall–Kier alpha value is -1.56. The van der Waals surface area contributed by atoms with Crippen molar-refractivity contribution in [2.24, 2.45) is 4.99 Å². The number of allylic oxidation sites excluding steroid dienone is 2. The van der Waals surface area contributed by atoms with Crippen molar-refractivity contribution in [2.75, 3.05) is 13.6 Å². The smallest absolute Gasteiger partial charge is 0.240 e. The van der Waals surface area contributed by atoms with Gasteiger partial charge in [0.25, 0.3) is 0 Å². The number of rotatable bonds is 7. The summed E-state index contributed by atoms with van der Waals surface area (Å²) in [7, 11) is 1.76. The van der Waals surface area contributed by atoms with Crippen LogP contribution in [0.1, 0.15) is 13.8 Å². The lowest BCUT2D eigenvalue weighted by atomic mass is 10.1. The van der Waals surface area contributed by atoms with Crippen LogP contribution in [0.3, 0.4) is 0 Å². The highest BCUT2D eigenvalue weighted by molar-refractivity contribution is 7.96. The Labute approximate surface area is 119 Å². The van der Waals surface area contributed by atoms with E-state index in [0.29, 0.717) is 12.1 Å². The van der Waals surface area contributed by atoms with Crippen LogP contribution in [0.25, 0.3) is 0 Å². The van der Waals surface area contributed by atoms with Gasteiger partial charge < -0.3 is 10.1 Å². The van der Waals surface area contributed by atoms with E-state index in [1.165, 1.54) is 6.08 Å². The second-order valence-corrected chi connectivity index (χ2v) is 4.31. The van der Waals surface area contributed by atoms with Gasteiger partial charge in [-0.15, -0.1) is 0 Å². The third-order valence-electron chi connectivity index (χ3n) is 2.06. The van der Waals surface area contributed by atoms with Gasteiger partial charge in [-0.2, -0.15) is 0 Å². The van der Waals surface area contributed by atoms with E-state index >= 15 is 0 Å². The number of nitrogens with zero attached hydrogens (tertiary/aromatic N) is 1. The van der Waals surface area contributed by atoms with Gasteiger partial charge in [-0.25, -0.2) is 4.39 Å². The normalized spacial score (nSPS) is 14.4. The second kappa shape index (κ2) is 9.38. The molecule has 1 unspecified atom stereocenters. The standard InChI is InChI=1S/C13H20FN3OS/c1-9(7-17-8-16-4)5-12(6-10(2)14)11(3)18-13(15)19/h5-6,8,11H,2,7H2,1,3-4H3,(H2,15,19)(H,16,17)/b9-5-,12-6+. The Morgan fingerprint density at radius 1 is 1.58 bits per heavy atom. The number of halogens is 1. The number of hydrogen-bond acceptors (Lipinski definition) is 3. The SMILES string of the molecule is C=C(F)/C=C(\C=C(\C)C/N=C\NC)C(C)OC(=N)S. The van der Waals surface area contributed by atoms with E-state index in [4.69, 9.17) is 10.1 Å². The van der Waals surface area contributed by atoms with Crippen LogP contribution in [0.15, 0.2) is 40.7 Å². The summed E-state index contributed by atoms with van der Waals surface area (Å²) in [5.41, 5.74) is 1.50. The summed E-state index contributed by atoms with van der Waals surface area (Å²) in [5.74, 6) is -0.570. The summed E-state index contributed by atoms with van der Waals surface area (Å²) in [6.07, 6.45) is 4.13. The minimum absolute atomic E-state index is 0.220. The molecule has 0 amide bonds. The maximum absolute atomic E-state index is 12.9. The van der Waals surface area contributed by atoms with Gasteiger partial charge in [0, 0.05) is 7.05 Å². The lowest BCUT2D eigenvalue weighted by molar-refractivity contribution is 0.254. The van der Waals surface area contributed by atoms with Crippen molar-refractivity contribution >= 4 is 24.2 Å². The van der Waals surface area contributed by atoms with E-state index in [9.17, 15) is 4.39 Å². The molecule has 0 aromatic carbocycles. The molecule has 0 saturated carbocycles. The molecule has 4 nitrogen and oxygen atoms in total. The maximum Gasteiger partial charge on any atom is 0.240 e. The van der Waals surface area contributed by atoms with Gasteiger partial charge in [-0.1, -0.05) is 30.9 Å². The van der Waals surface area contributed by atoms with Crippen molar-refractivity contribution in [1.82, 2.24) is 5.32 Å². The molecule has 0 aliphatic heterocycles. The third kappa shape index (κ3) is 9.07. The van der Waals surface area contributed by atoms with Gasteiger partial charge in [0.15, 0.2) is 0 Å². The number of aliphatic imine (C=N–C) groups is 1. The zero-order chi connectivity index (χ0) is 14.8. The first-order valence-corrected chi connectivity index (χ1v) is 6.14. The van der Waals surface area contributed by atoms with Gasteiger partial charge in [-0.3, -0.25) is 10.4 Å². The molecule has 0 radical (unpaired) electrons. The average Bonchev–Trinajstić information content (AvgIpc) is 2.27. The highest BCUT2D eigenvalue weighted by Gasteiger charge is 2.09. The molecule has 19 heavy (non-hydrogen) atoms. The largest absolute Gasteiger partial charge is 0.465 e. The average molecular weight is 285 g/mol. The van der Waals surface area contributed by atoms with Crippen molar-refractivity contribution < 1.29 is 9.13 Å². The van der Waals surface area contributed by atoms with E-state index < -0.39 is 11.9 Å². The Bertz CT molecular complexity index is 416. The molecule has 0 heterocycles. The number of hydrogen-bond donors (Lipinski definition) is 3. The predicted molar refractivity (Wildman–Crippen MR) is 81.8 cm³/mol. The van der Waals surface area contributed by atoms with Gasteiger partial charge in [0.1, 0.15) is 11.9 Å². The molecular weight excluding hydrogens is 265 g/mol. The van der Waals surface area contributed by atoms with Crippen LogP contribution in [0.4, 0.5) is 4.39 Å². The Morgan fingerprint density at radius 3 is 2.68 bits per heavy atom. The molecule has 0 fully saturated rings. The van der Waals surface area contributed by atoms with Crippen LogP contribution in [0.5, 0.6) is 0 Å². The molecule has 0 rings (SSSR count). The number of ether oxygens (including phenoxy) is 1. The molecule has 2 N–H and O–H groups in total. The van der Waals surface area contributed by atoms with Crippen molar-refractivity contribution in [3.63, 3.8) is 0 Å². The van der Waals surface area contributed by atoms with Crippen molar-refractivity contribution in [3.05, 3.63) is 35.7 Å². The number of nitrogens with one attached hydrogen (secondary N) is 2. The van der Waals surface area contributed by atoms with Crippen molar-refractivity contribution in [3.8, 4) is 0 Å². The van der Waals surface area contributed by atoms with Gasteiger partial charge in [-0.05, 0) is 25.5 Å². The fourth-order valence-corrected chi connectivity index (χ4v) is 1.46. The summed E-state index contributed by atoms with van der Waals surface area (Å²) in [5, 5.41) is 9.73. The minimum atomic E-state index is -0.570. The molecule has 0 saturated heterocycles. The molecule has 0 aromatic heterocycles. The predicted octanol–water partition coefficient (Wildman–Crippen LogP) is 2.86. The summed E-state index contributed by atoms with van der Waals surface area (Å²) < 4.78 is 18.1. The van der Waals surface area contributed by atoms with E-state index in [2.05, 4.69) is 29.5 Å². The van der Waals surface area contributed by atoms with Crippen LogP contribution < -0.4 is 5.32 Å². The first-order valence-electron chi connectivity index (χ1n) is 5.69. The van der Waals surface area contributed by atoms with Crippen LogP contribution in [-0.2, 0) is 4.74 Å². The fraction of sp³-hybridized carbons (Fsp3) is 0.385. The minimum Gasteiger partial charge on any atom is -0.465 e. The summed E-state index contributed by atoms with van der Waals surface area (Å²) in [6.45, 7) is 7.27. The molecule has 0 aromatic rings. The summed E-state index contributed by atoms with van der Waals surface area (Å²) >= 11 is 3.75. The second-order valence-electron chi connectivity index (χ2n) is 3.91. The van der Waals surface area contributed by atoms with E-state index in [-0.39, 0.29) is 5.23 Å². The third-order valence-corrected chi connectivity index (χ3v) is 2.16. The molecule has 0 spiro atoms. The highest BCUT2D eigenvalue weighted by atomic mass is 32.1. The highest BCUT2D eigenvalue weighted by Crippen LogP contribution is 2.15. The first kappa shape index (κ1) is 17.4. The maximum atomic E-state index is 12.9. The topological polar surface area (TPSA) is 57.5 Å². The van der Waals surface area contributed by atoms with Crippen LogP contribution in [0, 0.1) is 5.41 Å². The van der Waals surface area contributed by atoms with E-state index in [1.807, 2.05) is 6.92 Å². The van der Waals surface area contributed by atoms with Crippen LogP contribution >= 0.6 is 12.6 Å². The van der Waals surface area contributed by atoms with Crippen molar-refractivity contribution in [1.29, 1.82) is 5.41 Å². The van der Waals surface area contributed by atoms with E-state index in [1.54, 1.807) is 26.4 Å². The number of thiol groups is 1. The van der Waals surface area contributed by atoms with Gasteiger partial charge in [0.2, 0.25) is 5.23 Å². The Morgan fingerprint density at radius 2 is 2.21 bits per heavy atom. The Kier molecular flexibility index (Phi) is 8.61. The zero-order valence-corrected chi connectivity index (χ0v) is 12.3. The molecule has 0 bridgehead atoms. The lowest BCUT2D eigenvalue weighted by Crippen LogP contribution is -2.13. The monoisotopic (exact) mass is 285 g/mol. The molecule has 6 heteroatoms. The molecular formula is C13H20FN3OS. The molecule has 106 valence electrons. The molecule has 0 aliphatic carbocycles.